The molecule has 1 aliphatic rings. The molecule has 7 nitrogen and oxygen atoms in total. The predicted molar refractivity (Wildman–Crippen MR) is 94.5 cm³/mol. The maximum Gasteiger partial charge on any atom is 0.217 e. The van der Waals surface area contributed by atoms with E-state index in [0.29, 0.717) is 12.6 Å². The van der Waals surface area contributed by atoms with Gasteiger partial charge in [-0.25, -0.2) is 15.0 Å². The molecule has 1 fully saturated rings. The molecule has 1 atom stereocenters. The average molecular weight is 342 g/mol. The molecule has 3 heterocycles. The minimum Gasteiger partial charge on any atom is -0.351 e. The highest BCUT2D eigenvalue weighted by molar-refractivity contribution is 5.72. The quantitative estimate of drug-likeness (QED) is 0.871. The van der Waals surface area contributed by atoms with E-state index in [1.807, 2.05) is 18.5 Å². The zero-order chi connectivity index (χ0) is 17.8. The van der Waals surface area contributed by atoms with Crippen molar-refractivity contribution in [2.24, 2.45) is 0 Å². The Kier molecular flexibility index (Phi) is 5.43. The number of rotatable bonds is 6. The maximum absolute atomic E-state index is 11.1. The lowest BCUT2D eigenvalue weighted by molar-refractivity contribution is -0.119. The van der Waals surface area contributed by atoms with Crippen LogP contribution in [0.15, 0.2) is 24.7 Å². The molecule has 25 heavy (non-hydrogen) atoms. The van der Waals surface area contributed by atoms with Crippen molar-refractivity contribution in [2.75, 3.05) is 6.54 Å². The van der Waals surface area contributed by atoms with Crippen LogP contribution in [0.4, 0.5) is 0 Å². The maximum atomic E-state index is 11.1. The molecule has 134 valence electrons. The van der Waals surface area contributed by atoms with Crippen molar-refractivity contribution in [3.8, 4) is 0 Å². The third kappa shape index (κ3) is 4.22. The lowest BCUT2D eigenvalue weighted by Crippen LogP contribution is -2.27. The molecule has 0 radical (unpaired) electrons. The molecule has 3 rings (SSSR count). The van der Waals surface area contributed by atoms with Crippen molar-refractivity contribution in [1.29, 1.82) is 0 Å². The standard InChI is InChI=1S/C18H26N6O/c1-13(2)24-10-8-19-17(24)12-23-9-4-5-16(23)18-20-7-6-15(22-18)11-21-14(3)25/h6-8,10,13,16H,4-5,9,11-12H2,1-3H3,(H,21,25)/t16-/m0/s1. The van der Waals surface area contributed by atoms with Gasteiger partial charge in [-0.15, -0.1) is 0 Å². The van der Waals surface area contributed by atoms with E-state index in [0.717, 1.165) is 43.3 Å². The van der Waals surface area contributed by atoms with Gasteiger partial charge in [0.2, 0.25) is 5.91 Å². The van der Waals surface area contributed by atoms with Crippen LogP contribution in [0, 0.1) is 0 Å². The number of imidazole rings is 1. The van der Waals surface area contributed by atoms with E-state index in [9.17, 15) is 4.79 Å². The van der Waals surface area contributed by atoms with Crippen LogP contribution in [0.2, 0.25) is 0 Å². The Morgan fingerprint density at radius 1 is 1.36 bits per heavy atom. The molecule has 0 aromatic carbocycles. The number of amides is 1. The Morgan fingerprint density at radius 3 is 2.96 bits per heavy atom. The second-order valence-electron chi connectivity index (χ2n) is 6.79. The van der Waals surface area contributed by atoms with Gasteiger partial charge in [0.15, 0.2) is 0 Å². The summed E-state index contributed by atoms with van der Waals surface area (Å²) in [6.07, 6.45) is 7.87. The highest BCUT2D eigenvalue weighted by atomic mass is 16.1. The van der Waals surface area contributed by atoms with Crippen molar-refractivity contribution >= 4 is 5.91 Å². The largest absolute Gasteiger partial charge is 0.351 e. The number of hydrogen-bond acceptors (Lipinski definition) is 5. The van der Waals surface area contributed by atoms with Crippen molar-refractivity contribution in [2.45, 2.75) is 58.8 Å². The second kappa shape index (κ2) is 7.74. The Labute approximate surface area is 148 Å². The van der Waals surface area contributed by atoms with Crippen LogP contribution in [-0.2, 0) is 17.9 Å². The van der Waals surface area contributed by atoms with Crippen molar-refractivity contribution in [3.63, 3.8) is 0 Å². The lowest BCUT2D eigenvalue weighted by atomic mass is 10.2. The third-order valence-electron chi connectivity index (χ3n) is 4.56. The van der Waals surface area contributed by atoms with E-state index in [2.05, 4.69) is 43.6 Å². The fraction of sp³-hybridized carbons (Fsp3) is 0.556. The van der Waals surface area contributed by atoms with Crippen molar-refractivity contribution < 1.29 is 4.79 Å². The summed E-state index contributed by atoms with van der Waals surface area (Å²) < 4.78 is 2.21. The number of nitrogens with zero attached hydrogens (tertiary/aromatic N) is 5. The van der Waals surface area contributed by atoms with Gasteiger partial charge in [0.1, 0.15) is 11.6 Å². The first-order chi connectivity index (χ1) is 12.0. The van der Waals surface area contributed by atoms with Crippen molar-refractivity contribution in [1.82, 2.24) is 29.7 Å². The molecule has 0 unspecified atom stereocenters. The molecule has 1 N–H and O–H groups in total. The van der Waals surface area contributed by atoms with Crippen LogP contribution in [0.1, 0.15) is 63.0 Å². The Bertz CT molecular complexity index is 726. The van der Waals surface area contributed by atoms with E-state index in [-0.39, 0.29) is 11.9 Å². The van der Waals surface area contributed by atoms with Gasteiger partial charge in [-0.05, 0) is 39.3 Å². The van der Waals surface area contributed by atoms with E-state index < -0.39 is 0 Å². The van der Waals surface area contributed by atoms with Crippen LogP contribution in [-0.4, -0.2) is 36.9 Å². The van der Waals surface area contributed by atoms with E-state index in [4.69, 9.17) is 0 Å². The second-order valence-corrected chi connectivity index (χ2v) is 6.79. The topological polar surface area (TPSA) is 75.9 Å². The third-order valence-corrected chi connectivity index (χ3v) is 4.56. The van der Waals surface area contributed by atoms with Crippen LogP contribution in [0.3, 0.4) is 0 Å². The van der Waals surface area contributed by atoms with Gasteiger partial charge >= 0.3 is 0 Å². The lowest BCUT2D eigenvalue weighted by Gasteiger charge is -2.24. The molecule has 2 aromatic rings. The summed E-state index contributed by atoms with van der Waals surface area (Å²) >= 11 is 0. The zero-order valence-corrected chi connectivity index (χ0v) is 15.1. The molecule has 1 amide bonds. The van der Waals surface area contributed by atoms with Gasteiger partial charge in [-0.3, -0.25) is 9.69 Å². The fourth-order valence-corrected chi connectivity index (χ4v) is 3.31. The Morgan fingerprint density at radius 2 is 2.20 bits per heavy atom. The van der Waals surface area contributed by atoms with Gasteiger partial charge in [-0.2, -0.15) is 0 Å². The summed E-state index contributed by atoms with van der Waals surface area (Å²) in [6.45, 7) is 8.11. The van der Waals surface area contributed by atoms with Gasteiger partial charge in [0.05, 0.1) is 24.8 Å². The summed E-state index contributed by atoms with van der Waals surface area (Å²) in [6, 6.07) is 2.45. The highest BCUT2D eigenvalue weighted by Crippen LogP contribution is 2.31. The monoisotopic (exact) mass is 342 g/mol. The smallest absolute Gasteiger partial charge is 0.217 e. The fourth-order valence-electron chi connectivity index (χ4n) is 3.31. The molecule has 0 saturated carbocycles. The van der Waals surface area contributed by atoms with Gasteiger partial charge in [0, 0.05) is 31.6 Å². The van der Waals surface area contributed by atoms with Gasteiger partial charge in [0.25, 0.3) is 0 Å². The number of carbonyl (C=O) groups excluding carboxylic acids is 1. The molecular weight excluding hydrogens is 316 g/mol. The number of likely N-dealkylation sites (tertiary alicyclic amines) is 1. The summed E-state index contributed by atoms with van der Waals surface area (Å²) in [5.74, 6) is 1.86. The molecular formula is C18H26N6O. The van der Waals surface area contributed by atoms with E-state index in [1.165, 1.54) is 6.92 Å². The number of aromatic nitrogens is 4. The number of hydrogen-bond donors (Lipinski definition) is 1. The summed E-state index contributed by atoms with van der Waals surface area (Å²) in [5.41, 5.74) is 0.843. The van der Waals surface area contributed by atoms with Gasteiger partial charge < -0.3 is 9.88 Å². The molecule has 1 saturated heterocycles. The van der Waals surface area contributed by atoms with Crippen LogP contribution < -0.4 is 5.32 Å². The normalized spacial score (nSPS) is 18.0. The van der Waals surface area contributed by atoms with Crippen LogP contribution in [0.5, 0.6) is 0 Å². The average Bonchev–Trinajstić information content (AvgIpc) is 3.23. The minimum absolute atomic E-state index is 0.0526. The number of nitrogens with one attached hydrogen (secondary N) is 1. The molecule has 7 heteroatoms. The Hall–Kier alpha value is -2.28. The minimum atomic E-state index is -0.0526. The molecule has 0 bridgehead atoms. The molecule has 0 aliphatic carbocycles. The molecule has 1 aliphatic heterocycles. The Balaban J connectivity index is 1.74. The van der Waals surface area contributed by atoms with Gasteiger partial charge in [-0.1, -0.05) is 0 Å². The van der Waals surface area contributed by atoms with Crippen LogP contribution >= 0.6 is 0 Å². The predicted octanol–water partition coefficient (Wildman–Crippen LogP) is 2.23. The summed E-state index contributed by atoms with van der Waals surface area (Å²) in [5, 5.41) is 2.79. The zero-order valence-electron chi connectivity index (χ0n) is 15.1. The first-order valence-electron chi connectivity index (χ1n) is 8.86. The van der Waals surface area contributed by atoms with E-state index >= 15 is 0 Å². The van der Waals surface area contributed by atoms with Crippen LogP contribution in [0.25, 0.3) is 0 Å². The summed E-state index contributed by atoms with van der Waals surface area (Å²) in [4.78, 5) is 27.2. The number of carbonyl (C=O) groups is 1. The molecule has 2 aromatic heterocycles. The first kappa shape index (κ1) is 17.5. The SMILES string of the molecule is CC(=O)NCc1ccnc([C@@H]2CCCN2Cc2nccn2C(C)C)n1. The van der Waals surface area contributed by atoms with Crippen molar-refractivity contribution in [3.05, 3.63) is 42.0 Å². The first-order valence-corrected chi connectivity index (χ1v) is 8.86. The molecule has 0 spiro atoms. The summed E-state index contributed by atoms with van der Waals surface area (Å²) in [7, 11) is 0. The van der Waals surface area contributed by atoms with E-state index in [1.54, 1.807) is 6.20 Å². The highest BCUT2D eigenvalue weighted by Gasteiger charge is 2.29.